The van der Waals surface area contributed by atoms with Crippen LogP contribution in [0.15, 0.2) is 46.0 Å². The molecular weight excluding hydrogens is 611 g/mol. The molecule has 10 nitrogen and oxygen atoms in total. The Labute approximate surface area is 265 Å². The zero-order chi connectivity index (χ0) is 32.4. The van der Waals surface area contributed by atoms with Crippen LogP contribution in [0.2, 0.25) is 5.02 Å². The summed E-state index contributed by atoms with van der Waals surface area (Å²) in [5, 5.41) is 5.11. The molecule has 1 unspecified atom stereocenters. The van der Waals surface area contributed by atoms with E-state index in [-0.39, 0.29) is 28.4 Å². The van der Waals surface area contributed by atoms with Gasteiger partial charge in [0, 0.05) is 28.6 Å². The molecule has 1 aromatic heterocycles. The first kappa shape index (κ1) is 33.4. The molecule has 238 valence electrons. The van der Waals surface area contributed by atoms with Gasteiger partial charge in [0.2, 0.25) is 0 Å². The molecule has 0 radical (unpaired) electrons. The Morgan fingerprint density at radius 3 is 2.25 bits per heavy atom. The van der Waals surface area contributed by atoms with Gasteiger partial charge in [-0.15, -0.1) is 11.3 Å². The fraction of sp³-hybridized carbons (Fsp3) is 0.516. The molecule has 1 aliphatic heterocycles. The molecule has 1 aromatic carbocycles. The number of aliphatic imine (C=N–C) groups is 1. The van der Waals surface area contributed by atoms with Crippen molar-refractivity contribution in [3.63, 3.8) is 0 Å². The van der Waals surface area contributed by atoms with E-state index in [1.165, 1.54) is 35.5 Å². The third-order valence-electron chi connectivity index (χ3n) is 6.97. The fourth-order valence-corrected chi connectivity index (χ4v) is 6.14. The number of amidine groups is 1. The summed E-state index contributed by atoms with van der Waals surface area (Å²) in [7, 11) is 1.25. The quantitative estimate of drug-likeness (QED) is 0.269. The van der Waals surface area contributed by atoms with Crippen LogP contribution in [0.25, 0.3) is 0 Å². The van der Waals surface area contributed by atoms with Gasteiger partial charge in [0.25, 0.3) is 0 Å². The van der Waals surface area contributed by atoms with Crippen LogP contribution in [0.4, 0.5) is 14.0 Å². The number of thiazole rings is 1. The number of methoxy groups -OCH3 is 1. The van der Waals surface area contributed by atoms with Crippen molar-refractivity contribution in [3.05, 3.63) is 62.5 Å². The number of hydrogen-bond donors (Lipinski definition) is 1. The predicted octanol–water partition coefficient (Wildman–Crippen LogP) is 7.18. The lowest BCUT2D eigenvalue weighted by Crippen LogP contribution is -2.48. The first-order chi connectivity index (χ1) is 20.6. The van der Waals surface area contributed by atoms with Gasteiger partial charge in [-0.3, -0.25) is 0 Å². The van der Waals surface area contributed by atoms with Crippen molar-refractivity contribution in [2.45, 2.75) is 90.5 Å². The molecule has 0 saturated heterocycles. The number of amides is 2. The summed E-state index contributed by atoms with van der Waals surface area (Å²) in [6.07, 6.45) is 2.65. The number of aromatic nitrogens is 1. The highest BCUT2D eigenvalue weighted by Gasteiger charge is 2.46. The average molecular weight is 649 g/mol. The first-order valence-electron chi connectivity index (χ1n) is 14.4. The number of nitrogens with one attached hydrogen (secondary N) is 1. The second-order valence-corrected chi connectivity index (χ2v) is 14.0. The second-order valence-electron chi connectivity index (χ2n) is 12.7. The molecule has 4 rings (SSSR count). The van der Waals surface area contributed by atoms with Crippen molar-refractivity contribution in [1.29, 1.82) is 0 Å². The number of halogens is 2. The number of ether oxygens (including phenoxy) is 3. The van der Waals surface area contributed by atoms with Crippen molar-refractivity contribution < 1.29 is 33.0 Å². The van der Waals surface area contributed by atoms with E-state index in [9.17, 15) is 18.8 Å². The van der Waals surface area contributed by atoms with Gasteiger partial charge in [-0.2, -0.15) is 0 Å². The Hall–Kier alpha value is -3.51. The van der Waals surface area contributed by atoms with E-state index < -0.39 is 41.2 Å². The maximum absolute atomic E-state index is 14.2. The summed E-state index contributed by atoms with van der Waals surface area (Å²) < 4.78 is 30.7. The number of alkyl carbamates (subject to hydrolysis) is 1. The van der Waals surface area contributed by atoms with Crippen LogP contribution in [0.3, 0.4) is 0 Å². The molecule has 2 heterocycles. The molecular formula is C31H38ClFN4O6S. The third-order valence-corrected chi connectivity index (χ3v) is 8.07. The molecule has 2 aromatic rings. The Morgan fingerprint density at radius 2 is 1.70 bits per heavy atom. The van der Waals surface area contributed by atoms with Gasteiger partial charge in [0.1, 0.15) is 23.1 Å². The highest BCUT2D eigenvalue weighted by molar-refractivity contribution is 7.11. The van der Waals surface area contributed by atoms with E-state index in [0.717, 1.165) is 6.07 Å². The zero-order valence-corrected chi connectivity index (χ0v) is 27.5. The molecule has 1 saturated carbocycles. The van der Waals surface area contributed by atoms with E-state index in [0.29, 0.717) is 42.0 Å². The van der Waals surface area contributed by atoms with Gasteiger partial charge < -0.3 is 19.5 Å². The molecule has 1 aliphatic carbocycles. The average Bonchev–Trinajstić information content (AvgIpc) is 3.45. The second kappa shape index (κ2) is 13.2. The summed E-state index contributed by atoms with van der Waals surface area (Å²) in [4.78, 5) is 50.6. The van der Waals surface area contributed by atoms with Crippen molar-refractivity contribution in [3.8, 4) is 0 Å². The van der Waals surface area contributed by atoms with Crippen LogP contribution in [-0.4, -0.2) is 58.2 Å². The number of carbonyl (C=O) groups is 3. The number of benzene rings is 1. The van der Waals surface area contributed by atoms with E-state index >= 15 is 0 Å². The van der Waals surface area contributed by atoms with E-state index in [1.807, 2.05) is 0 Å². The van der Waals surface area contributed by atoms with Crippen molar-refractivity contribution in [2.75, 3.05) is 7.11 Å². The maximum Gasteiger partial charge on any atom is 0.416 e. The zero-order valence-electron chi connectivity index (χ0n) is 25.9. The number of allylic oxidation sites excluding steroid dienone is 1. The van der Waals surface area contributed by atoms with Crippen LogP contribution in [-0.2, 0) is 19.0 Å². The lowest BCUT2D eigenvalue weighted by Gasteiger charge is -2.40. The lowest BCUT2D eigenvalue weighted by atomic mass is 9.80. The van der Waals surface area contributed by atoms with Crippen LogP contribution in [0.1, 0.15) is 83.8 Å². The van der Waals surface area contributed by atoms with Gasteiger partial charge in [-0.05, 0) is 84.9 Å². The maximum atomic E-state index is 14.2. The number of carbonyl (C=O) groups excluding carboxylic acids is 3. The summed E-state index contributed by atoms with van der Waals surface area (Å²) in [6.45, 7) is 10.6. The predicted molar refractivity (Wildman–Crippen MR) is 165 cm³/mol. The Bertz CT molecular complexity index is 1460. The minimum atomic E-state index is -1.16. The standard InChI is InChI=1S/C31H38ClFN4O6S/c1-30(2,3)42-28(39)35-19-11-8-17(9-12-19)23-22(27(38)41-7)24(20-13-10-18(33)16-21(20)32)37(29(40)43-31(4,5)6)25(36-23)26-34-14-15-44-26/h10,13-17,19,24H,8-9,11-12H2,1-7H3,(H,35,39). The van der Waals surface area contributed by atoms with Crippen molar-refractivity contribution >= 4 is 46.9 Å². The highest BCUT2D eigenvalue weighted by Crippen LogP contribution is 2.45. The number of rotatable bonds is 5. The molecule has 1 atom stereocenters. The lowest BCUT2D eigenvalue weighted by molar-refractivity contribution is -0.136. The highest BCUT2D eigenvalue weighted by atomic mass is 35.5. The molecule has 13 heteroatoms. The van der Waals surface area contributed by atoms with E-state index in [2.05, 4.69) is 10.3 Å². The van der Waals surface area contributed by atoms with E-state index in [4.69, 9.17) is 30.8 Å². The number of hydrogen-bond acceptors (Lipinski definition) is 9. The monoisotopic (exact) mass is 648 g/mol. The van der Waals surface area contributed by atoms with Crippen LogP contribution < -0.4 is 5.32 Å². The van der Waals surface area contributed by atoms with Crippen LogP contribution in [0.5, 0.6) is 0 Å². The fourth-order valence-electron chi connectivity index (χ4n) is 5.25. The normalized spacial score (nSPS) is 21.0. The molecule has 1 fully saturated rings. The summed E-state index contributed by atoms with van der Waals surface area (Å²) in [5.74, 6) is -1.35. The summed E-state index contributed by atoms with van der Waals surface area (Å²) in [5.41, 5.74) is -0.710. The van der Waals surface area contributed by atoms with Gasteiger partial charge in [0.05, 0.1) is 18.4 Å². The van der Waals surface area contributed by atoms with Gasteiger partial charge in [0.15, 0.2) is 10.8 Å². The van der Waals surface area contributed by atoms with E-state index in [1.54, 1.807) is 53.1 Å². The molecule has 0 spiro atoms. The SMILES string of the molecule is COC(=O)C1=C(C2CCC(NC(=O)OC(C)(C)C)CC2)N=C(c2nccs2)N(C(=O)OC(C)(C)C)C1c1ccc(F)cc1Cl. The third kappa shape index (κ3) is 7.95. The van der Waals surface area contributed by atoms with Gasteiger partial charge in [-0.25, -0.2) is 33.7 Å². The largest absolute Gasteiger partial charge is 0.466 e. The molecule has 2 aliphatic rings. The van der Waals surface area contributed by atoms with Crippen LogP contribution >= 0.6 is 22.9 Å². The molecule has 0 bridgehead atoms. The summed E-state index contributed by atoms with van der Waals surface area (Å²) in [6, 6.07) is 2.49. The number of esters is 1. The summed E-state index contributed by atoms with van der Waals surface area (Å²) >= 11 is 7.86. The smallest absolute Gasteiger partial charge is 0.416 e. The van der Waals surface area contributed by atoms with Gasteiger partial charge in [-0.1, -0.05) is 17.7 Å². The molecule has 2 amide bonds. The van der Waals surface area contributed by atoms with Crippen LogP contribution in [0, 0.1) is 11.7 Å². The number of nitrogens with zero attached hydrogens (tertiary/aromatic N) is 3. The van der Waals surface area contributed by atoms with Crippen molar-refractivity contribution in [2.24, 2.45) is 10.9 Å². The topological polar surface area (TPSA) is 119 Å². The minimum Gasteiger partial charge on any atom is -0.466 e. The first-order valence-corrected chi connectivity index (χ1v) is 15.6. The Kier molecular flexibility index (Phi) is 10.0. The molecule has 1 N–H and O–H groups in total. The minimum absolute atomic E-state index is 0.00923. The van der Waals surface area contributed by atoms with Gasteiger partial charge >= 0.3 is 18.2 Å². The Morgan fingerprint density at radius 1 is 1.05 bits per heavy atom. The molecule has 44 heavy (non-hydrogen) atoms. The van der Waals surface area contributed by atoms with Crippen molar-refractivity contribution in [1.82, 2.24) is 15.2 Å². The Balaban J connectivity index is 1.83.